The number of hydrogen-bond acceptors (Lipinski definition) is 4. The smallest absolute Gasteiger partial charge is 0.336 e. The van der Waals surface area contributed by atoms with E-state index in [2.05, 4.69) is 0 Å². The van der Waals surface area contributed by atoms with Crippen LogP contribution in [0.25, 0.3) is 0 Å². The van der Waals surface area contributed by atoms with E-state index in [0.29, 0.717) is 5.56 Å². The van der Waals surface area contributed by atoms with Crippen molar-refractivity contribution in [3.8, 4) is 11.5 Å². The number of carboxylic acid groups (broad SMARTS) is 1. The lowest BCUT2D eigenvalue weighted by Crippen LogP contribution is -2.13. The predicted octanol–water partition coefficient (Wildman–Crippen LogP) is 2.13. The number of para-hydroxylation sites is 1. The lowest BCUT2D eigenvalue weighted by Gasteiger charge is -2.12. The zero-order valence-electron chi connectivity index (χ0n) is 11.1. The van der Waals surface area contributed by atoms with Crippen molar-refractivity contribution in [2.75, 3.05) is 0 Å². The molecule has 0 aliphatic heterocycles. The van der Waals surface area contributed by atoms with Gasteiger partial charge in [-0.05, 0) is 31.2 Å². The minimum Gasteiger partial charge on any atom is -0.478 e. The zero-order chi connectivity index (χ0) is 15.6. The maximum atomic E-state index is 11.5. The fourth-order valence-corrected chi connectivity index (χ4v) is 2.50. The Bertz CT molecular complexity index is 799. The molecule has 2 rings (SSSR count). The predicted molar refractivity (Wildman–Crippen MR) is 76.0 cm³/mol. The number of aromatic carboxylic acids is 1. The maximum absolute atomic E-state index is 11.5. The second-order valence-electron chi connectivity index (χ2n) is 4.33. The maximum Gasteiger partial charge on any atom is 0.336 e. The number of rotatable bonds is 4. The second kappa shape index (κ2) is 5.55. The molecule has 0 aliphatic rings. The Morgan fingerprint density at radius 3 is 2.33 bits per heavy atom. The molecular formula is C14H13NO5S. The number of benzene rings is 2. The van der Waals surface area contributed by atoms with Crippen LogP contribution in [-0.4, -0.2) is 19.5 Å². The normalized spacial score (nSPS) is 11.1. The molecule has 0 amide bonds. The third-order valence-electron chi connectivity index (χ3n) is 2.89. The van der Waals surface area contributed by atoms with Gasteiger partial charge in [-0.3, -0.25) is 0 Å². The standard InChI is InChI=1S/C14H13NO5S/c1-9-10(14(16)17)5-4-7-11(9)20-12-6-2-3-8-13(12)21(15,18)19/h2-8H,1H3,(H,16,17)(H2,15,18,19). The van der Waals surface area contributed by atoms with Gasteiger partial charge < -0.3 is 9.84 Å². The zero-order valence-corrected chi connectivity index (χ0v) is 11.9. The Balaban J connectivity index is 2.50. The average Bonchev–Trinajstić information content (AvgIpc) is 2.40. The van der Waals surface area contributed by atoms with E-state index in [4.69, 9.17) is 15.0 Å². The number of carbonyl (C=O) groups is 1. The van der Waals surface area contributed by atoms with Gasteiger partial charge in [-0.25, -0.2) is 18.4 Å². The summed E-state index contributed by atoms with van der Waals surface area (Å²) in [4.78, 5) is 10.9. The van der Waals surface area contributed by atoms with Gasteiger partial charge in [0.15, 0.2) is 0 Å². The van der Waals surface area contributed by atoms with E-state index < -0.39 is 16.0 Å². The Kier molecular flexibility index (Phi) is 3.97. The molecule has 0 saturated carbocycles. The van der Waals surface area contributed by atoms with Crippen LogP contribution in [0.5, 0.6) is 11.5 Å². The fraction of sp³-hybridized carbons (Fsp3) is 0.0714. The summed E-state index contributed by atoms with van der Waals surface area (Å²) >= 11 is 0. The molecule has 2 aromatic carbocycles. The average molecular weight is 307 g/mol. The Hall–Kier alpha value is -2.38. The Labute approximate surface area is 121 Å². The van der Waals surface area contributed by atoms with E-state index in [1.54, 1.807) is 19.1 Å². The molecule has 2 aromatic rings. The van der Waals surface area contributed by atoms with Crippen LogP contribution in [-0.2, 0) is 10.0 Å². The molecule has 0 bridgehead atoms. The summed E-state index contributed by atoms with van der Waals surface area (Å²) in [7, 11) is -3.93. The molecule has 0 unspecified atom stereocenters. The quantitative estimate of drug-likeness (QED) is 0.899. The first-order valence-corrected chi connectivity index (χ1v) is 7.48. The van der Waals surface area contributed by atoms with Gasteiger partial charge in [-0.1, -0.05) is 18.2 Å². The summed E-state index contributed by atoms with van der Waals surface area (Å²) in [5, 5.41) is 14.2. The van der Waals surface area contributed by atoms with Gasteiger partial charge in [0.05, 0.1) is 5.56 Å². The molecule has 7 heteroatoms. The third-order valence-corrected chi connectivity index (χ3v) is 3.84. The van der Waals surface area contributed by atoms with Crippen LogP contribution in [0.15, 0.2) is 47.4 Å². The molecule has 110 valence electrons. The van der Waals surface area contributed by atoms with Gasteiger partial charge >= 0.3 is 5.97 Å². The van der Waals surface area contributed by atoms with Crippen molar-refractivity contribution in [2.24, 2.45) is 5.14 Å². The van der Waals surface area contributed by atoms with E-state index in [0.717, 1.165) is 0 Å². The molecule has 0 aromatic heterocycles. The summed E-state index contributed by atoms with van der Waals surface area (Å²) in [5.74, 6) is -0.783. The van der Waals surface area contributed by atoms with E-state index in [1.807, 2.05) is 0 Å². The summed E-state index contributed by atoms with van der Waals surface area (Å²) in [6, 6.07) is 10.4. The van der Waals surface area contributed by atoms with Gasteiger partial charge in [-0.15, -0.1) is 0 Å². The minimum absolute atomic E-state index is 0.0469. The van der Waals surface area contributed by atoms with Gasteiger partial charge in [0.2, 0.25) is 10.0 Å². The molecule has 21 heavy (non-hydrogen) atoms. The van der Waals surface area contributed by atoms with Crippen molar-refractivity contribution in [2.45, 2.75) is 11.8 Å². The lowest BCUT2D eigenvalue weighted by molar-refractivity contribution is 0.0695. The number of hydrogen-bond donors (Lipinski definition) is 2. The van der Waals surface area contributed by atoms with E-state index >= 15 is 0 Å². The monoisotopic (exact) mass is 307 g/mol. The number of sulfonamides is 1. The summed E-state index contributed by atoms with van der Waals surface area (Å²) in [6.07, 6.45) is 0. The molecule has 0 spiro atoms. The molecule has 0 radical (unpaired) electrons. The van der Waals surface area contributed by atoms with Crippen molar-refractivity contribution in [3.63, 3.8) is 0 Å². The first-order chi connectivity index (χ1) is 9.80. The molecule has 0 atom stereocenters. The van der Waals surface area contributed by atoms with Crippen molar-refractivity contribution < 1.29 is 23.1 Å². The Morgan fingerprint density at radius 1 is 1.10 bits per heavy atom. The van der Waals surface area contributed by atoms with Crippen LogP contribution in [0.1, 0.15) is 15.9 Å². The van der Waals surface area contributed by atoms with Crippen molar-refractivity contribution in [1.82, 2.24) is 0 Å². The van der Waals surface area contributed by atoms with Gasteiger partial charge in [-0.2, -0.15) is 0 Å². The molecule has 0 saturated heterocycles. The van der Waals surface area contributed by atoms with Crippen molar-refractivity contribution >= 4 is 16.0 Å². The fourth-order valence-electron chi connectivity index (χ4n) is 1.84. The highest BCUT2D eigenvalue weighted by Gasteiger charge is 2.17. The summed E-state index contributed by atoms with van der Waals surface area (Å²) < 4.78 is 28.6. The molecule has 0 aliphatic carbocycles. The Morgan fingerprint density at radius 2 is 1.71 bits per heavy atom. The first-order valence-electron chi connectivity index (χ1n) is 5.93. The van der Waals surface area contributed by atoms with Crippen LogP contribution >= 0.6 is 0 Å². The van der Waals surface area contributed by atoms with Crippen LogP contribution in [0.2, 0.25) is 0 Å². The van der Waals surface area contributed by atoms with Crippen molar-refractivity contribution in [1.29, 1.82) is 0 Å². The first kappa shape index (κ1) is 15.0. The highest BCUT2D eigenvalue weighted by molar-refractivity contribution is 7.89. The topological polar surface area (TPSA) is 107 Å². The SMILES string of the molecule is Cc1c(Oc2ccccc2S(N)(=O)=O)cccc1C(=O)O. The number of primary sulfonamides is 1. The van der Waals surface area contributed by atoms with E-state index in [-0.39, 0.29) is 22.0 Å². The van der Waals surface area contributed by atoms with Crippen LogP contribution in [0.3, 0.4) is 0 Å². The van der Waals surface area contributed by atoms with Crippen LogP contribution in [0, 0.1) is 6.92 Å². The van der Waals surface area contributed by atoms with Gasteiger partial charge in [0.1, 0.15) is 16.4 Å². The molecule has 6 nitrogen and oxygen atoms in total. The number of ether oxygens (including phenoxy) is 1. The van der Waals surface area contributed by atoms with Crippen LogP contribution < -0.4 is 9.88 Å². The lowest BCUT2D eigenvalue weighted by atomic mass is 10.1. The molecule has 0 heterocycles. The molecular weight excluding hydrogens is 294 g/mol. The summed E-state index contributed by atoms with van der Waals surface area (Å²) in [6.45, 7) is 1.58. The largest absolute Gasteiger partial charge is 0.478 e. The number of carboxylic acids is 1. The van der Waals surface area contributed by atoms with E-state index in [9.17, 15) is 13.2 Å². The van der Waals surface area contributed by atoms with Crippen LogP contribution in [0.4, 0.5) is 0 Å². The second-order valence-corrected chi connectivity index (χ2v) is 5.86. The third kappa shape index (κ3) is 3.21. The van der Waals surface area contributed by atoms with Gasteiger partial charge in [0, 0.05) is 5.56 Å². The highest BCUT2D eigenvalue weighted by Crippen LogP contribution is 2.31. The van der Waals surface area contributed by atoms with Gasteiger partial charge in [0.25, 0.3) is 0 Å². The van der Waals surface area contributed by atoms with E-state index in [1.165, 1.54) is 30.3 Å². The highest BCUT2D eigenvalue weighted by atomic mass is 32.2. The molecule has 0 fully saturated rings. The number of nitrogens with two attached hydrogens (primary N) is 1. The molecule has 3 N–H and O–H groups in total. The van der Waals surface area contributed by atoms with Crippen molar-refractivity contribution in [3.05, 3.63) is 53.6 Å². The minimum atomic E-state index is -3.93. The summed E-state index contributed by atoms with van der Waals surface area (Å²) in [5.41, 5.74) is 0.481.